The van der Waals surface area contributed by atoms with E-state index in [1.807, 2.05) is 0 Å². The molecule has 1 atom stereocenters. The van der Waals surface area contributed by atoms with Crippen molar-refractivity contribution in [3.8, 4) is 11.5 Å². The molecule has 0 aliphatic carbocycles. The molecule has 0 saturated carbocycles. The quantitative estimate of drug-likeness (QED) is 0.531. The van der Waals surface area contributed by atoms with E-state index in [1.54, 1.807) is 63.6 Å². The topological polar surface area (TPSA) is 92.3 Å². The first-order valence-corrected chi connectivity index (χ1v) is 10.7. The lowest BCUT2D eigenvalue weighted by molar-refractivity contribution is -0.139. The third-order valence-electron chi connectivity index (χ3n) is 5.06. The van der Waals surface area contributed by atoms with Crippen LogP contribution in [0.3, 0.4) is 0 Å². The van der Waals surface area contributed by atoms with Gasteiger partial charge in [-0.2, -0.15) is 0 Å². The monoisotopic (exact) mass is 454 g/mol. The molecule has 1 aliphatic heterocycles. The second-order valence-electron chi connectivity index (χ2n) is 6.93. The molecule has 4 rings (SSSR count). The van der Waals surface area contributed by atoms with E-state index in [2.05, 4.69) is 4.99 Å². The number of hydrogen-bond donors (Lipinski definition) is 0. The zero-order valence-electron chi connectivity index (χ0n) is 18.1. The number of hydrogen-bond acceptors (Lipinski definition) is 8. The molecule has 166 valence electrons. The number of ether oxygens (including phenoxy) is 3. The van der Waals surface area contributed by atoms with Gasteiger partial charge in [0.15, 0.2) is 16.3 Å². The Morgan fingerprint density at radius 3 is 2.69 bits per heavy atom. The minimum Gasteiger partial charge on any atom is -0.493 e. The first kappa shape index (κ1) is 21.6. The second kappa shape index (κ2) is 8.88. The maximum absolute atomic E-state index is 13.4. The number of furan rings is 1. The number of rotatable bonds is 6. The Morgan fingerprint density at radius 2 is 2.03 bits per heavy atom. The Bertz CT molecular complexity index is 1360. The summed E-state index contributed by atoms with van der Waals surface area (Å²) in [5.41, 5.74) is 1.19. The summed E-state index contributed by atoms with van der Waals surface area (Å²) in [5.74, 6) is 1.06. The Kier molecular flexibility index (Phi) is 6.00. The molecule has 3 aromatic rings. The standard InChI is InChI=1S/C23H22N2O6S/c1-5-30-22(27)19-13(2)24-23-25(21(26)18(32-23)12-15-7-6-10-31-15)20(19)14-8-9-16(28-3)17(11-14)29-4/h6-12,20H,5H2,1-4H3/b18-12+/t20-/m1/s1. The van der Waals surface area contributed by atoms with Crippen LogP contribution in [0.25, 0.3) is 6.08 Å². The average molecular weight is 455 g/mol. The third kappa shape index (κ3) is 3.75. The summed E-state index contributed by atoms with van der Waals surface area (Å²) in [6, 6.07) is 8.07. The van der Waals surface area contributed by atoms with Crippen LogP contribution in [0.15, 0.2) is 62.1 Å². The van der Waals surface area contributed by atoms with Crippen molar-refractivity contribution in [2.24, 2.45) is 4.99 Å². The number of allylic oxidation sites excluding steroid dienone is 1. The maximum Gasteiger partial charge on any atom is 0.338 e. The number of nitrogens with zero attached hydrogens (tertiary/aromatic N) is 2. The van der Waals surface area contributed by atoms with Crippen molar-refractivity contribution in [1.29, 1.82) is 0 Å². The van der Waals surface area contributed by atoms with Gasteiger partial charge in [-0.25, -0.2) is 9.79 Å². The van der Waals surface area contributed by atoms with Gasteiger partial charge >= 0.3 is 5.97 Å². The molecule has 9 heteroatoms. The molecule has 0 saturated heterocycles. The molecule has 0 amide bonds. The van der Waals surface area contributed by atoms with E-state index < -0.39 is 12.0 Å². The summed E-state index contributed by atoms with van der Waals surface area (Å²) in [5, 5.41) is 0. The molecule has 8 nitrogen and oxygen atoms in total. The number of carbonyl (C=O) groups is 1. The highest BCUT2D eigenvalue weighted by Gasteiger charge is 2.33. The van der Waals surface area contributed by atoms with Crippen LogP contribution in [0, 0.1) is 0 Å². The van der Waals surface area contributed by atoms with E-state index >= 15 is 0 Å². The van der Waals surface area contributed by atoms with Crippen molar-refractivity contribution in [3.63, 3.8) is 0 Å². The van der Waals surface area contributed by atoms with Gasteiger partial charge in [0, 0.05) is 6.08 Å². The molecule has 0 fully saturated rings. The molecule has 0 bridgehead atoms. The summed E-state index contributed by atoms with van der Waals surface area (Å²) in [6.07, 6.45) is 3.21. The lowest BCUT2D eigenvalue weighted by Gasteiger charge is -2.25. The fourth-order valence-electron chi connectivity index (χ4n) is 3.63. The zero-order chi connectivity index (χ0) is 22.8. The Morgan fingerprint density at radius 1 is 1.25 bits per heavy atom. The van der Waals surface area contributed by atoms with Crippen LogP contribution in [-0.4, -0.2) is 31.4 Å². The van der Waals surface area contributed by atoms with Crippen molar-refractivity contribution in [1.82, 2.24) is 4.57 Å². The third-order valence-corrected chi connectivity index (χ3v) is 6.04. The predicted octanol–water partition coefficient (Wildman–Crippen LogP) is 2.41. The smallest absolute Gasteiger partial charge is 0.338 e. The van der Waals surface area contributed by atoms with Crippen molar-refractivity contribution < 1.29 is 23.4 Å². The summed E-state index contributed by atoms with van der Waals surface area (Å²) in [7, 11) is 3.08. The van der Waals surface area contributed by atoms with E-state index in [9.17, 15) is 9.59 Å². The van der Waals surface area contributed by atoms with Gasteiger partial charge in [0.05, 0.1) is 48.9 Å². The largest absolute Gasteiger partial charge is 0.493 e. The summed E-state index contributed by atoms with van der Waals surface area (Å²) in [4.78, 5) is 31.4. The number of aromatic nitrogens is 1. The van der Waals surface area contributed by atoms with Gasteiger partial charge in [-0.15, -0.1) is 0 Å². The number of thiazole rings is 1. The fraction of sp³-hybridized carbons (Fsp3) is 0.261. The fourth-order valence-corrected chi connectivity index (χ4v) is 4.66. The SMILES string of the molecule is CCOC(=O)C1=C(C)N=c2s/c(=C/c3ccco3)c(=O)n2[C@@H]1c1ccc(OC)c(OC)c1. The number of benzene rings is 1. The number of carbonyl (C=O) groups excluding carboxylic acids is 1. The highest BCUT2D eigenvalue weighted by Crippen LogP contribution is 2.36. The van der Waals surface area contributed by atoms with Gasteiger partial charge in [0.1, 0.15) is 5.76 Å². The van der Waals surface area contributed by atoms with Crippen molar-refractivity contribution in [2.75, 3.05) is 20.8 Å². The van der Waals surface area contributed by atoms with Crippen molar-refractivity contribution in [3.05, 3.63) is 78.9 Å². The van der Waals surface area contributed by atoms with Gasteiger partial charge in [-0.05, 0) is 43.7 Å². The van der Waals surface area contributed by atoms with Gasteiger partial charge in [0.2, 0.25) is 0 Å². The average Bonchev–Trinajstić information content (AvgIpc) is 3.40. The summed E-state index contributed by atoms with van der Waals surface area (Å²) >= 11 is 1.23. The summed E-state index contributed by atoms with van der Waals surface area (Å²) < 4.78 is 23.4. The lowest BCUT2D eigenvalue weighted by atomic mass is 9.95. The lowest BCUT2D eigenvalue weighted by Crippen LogP contribution is -2.39. The molecule has 1 aromatic carbocycles. The van der Waals surface area contributed by atoms with Gasteiger partial charge in [0.25, 0.3) is 5.56 Å². The second-order valence-corrected chi connectivity index (χ2v) is 7.94. The molecule has 32 heavy (non-hydrogen) atoms. The minimum atomic E-state index is -0.733. The highest BCUT2D eigenvalue weighted by molar-refractivity contribution is 7.07. The Balaban J connectivity index is 1.98. The number of methoxy groups -OCH3 is 2. The molecule has 0 N–H and O–H groups in total. The van der Waals surface area contributed by atoms with Gasteiger partial charge < -0.3 is 18.6 Å². The molecule has 0 unspecified atom stereocenters. The normalized spacial score (nSPS) is 15.9. The van der Waals surface area contributed by atoms with Gasteiger partial charge in [-0.1, -0.05) is 17.4 Å². The minimum absolute atomic E-state index is 0.206. The summed E-state index contributed by atoms with van der Waals surface area (Å²) in [6.45, 7) is 3.68. The Hall–Kier alpha value is -3.59. The molecule has 2 aromatic heterocycles. The molecule has 3 heterocycles. The van der Waals surface area contributed by atoms with Crippen LogP contribution in [0.5, 0.6) is 11.5 Å². The predicted molar refractivity (Wildman–Crippen MR) is 119 cm³/mol. The van der Waals surface area contributed by atoms with Crippen LogP contribution in [-0.2, 0) is 9.53 Å². The molecular formula is C23H22N2O6S. The maximum atomic E-state index is 13.4. The number of fused-ring (bicyclic) bond motifs is 1. The van der Waals surface area contributed by atoms with Crippen LogP contribution >= 0.6 is 11.3 Å². The van der Waals surface area contributed by atoms with E-state index in [4.69, 9.17) is 18.6 Å². The van der Waals surface area contributed by atoms with E-state index in [0.29, 0.717) is 43.4 Å². The molecule has 0 radical (unpaired) electrons. The van der Waals surface area contributed by atoms with E-state index in [-0.39, 0.29) is 12.2 Å². The van der Waals surface area contributed by atoms with Crippen molar-refractivity contribution in [2.45, 2.75) is 19.9 Å². The van der Waals surface area contributed by atoms with Crippen LogP contribution in [0.1, 0.15) is 31.2 Å². The highest BCUT2D eigenvalue weighted by atomic mass is 32.1. The number of esters is 1. The molecular weight excluding hydrogens is 432 g/mol. The van der Waals surface area contributed by atoms with Gasteiger partial charge in [-0.3, -0.25) is 9.36 Å². The first-order valence-electron chi connectivity index (χ1n) is 9.93. The van der Waals surface area contributed by atoms with E-state index in [0.717, 1.165) is 0 Å². The zero-order valence-corrected chi connectivity index (χ0v) is 18.9. The van der Waals surface area contributed by atoms with E-state index in [1.165, 1.54) is 23.0 Å². The molecule has 0 spiro atoms. The first-order chi connectivity index (χ1) is 15.5. The van der Waals surface area contributed by atoms with Crippen molar-refractivity contribution >= 4 is 23.4 Å². The molecule has 1 aliphatic rings. The van der Waals surface area contributed by atoms with Crippen LogP contribution in [0.2, 0.25) is 0 Å². The van der Waals surface area contributed by atoms with Crippen LogP contribution < -0.4 is 24.4 Å². The Labute approximate surface area is 187 Å². The van der Waals surface area contributed by atoms with Crippen LogP contribution in [0.4, 0.5) is 0 Å².